The zero-order valence-electron chi connectivity index (χ0n) is 14.0. The summed E-state index contributed by atoms with van der Waals surface area (Å²) in [5.74, 6) is -0.481. The van der Waals surface area contributed by atoms with Gasteiger partial charge in [0.2, 0.25) is 5.91 Å². The monoisotopic (exact) mass is 408 g/mol. The summed E-state index contributed by atoms with van der Waals surface area (Å²) in [4.78, 5) is 29.0. The SMILES string of the molecule is CCCn1c(SCC(=O)NNC(=O)c2cccs2)nc2cc(Cl)ccc21. The number of nitrogens with one attached hydrogen (secondary N) is 2. The van der Waals surface area contributed by atoms with E-state index in [1.165, 1.54) is 23.1 Å². The molecule has 2 amide bonds. The number of carbonyl (C=O) groups excluding carboxylic acids is 2. The van der Waals surface area contributed by atoms with Crippen molar-refractivity contribution >= 4 is 57.5 Å². The molecule has 0 unspecified atom stereocenters. The Balaban J connectivity index is 1.62. The van der Waals surface area contributed by atoms with E-state index < -0.39 is 0 Å². The number of imidazole rings is 1. The van der Waals surface area contributed by atoms with Crippen molar-refractivity contribution in [3.05, 3.63) is 45.6 Å². The molecule has 3 rings (SSSR count). The summed E-state index contributed by atoms with van der Waals surface area (Å²) in [7, 11) is 0. The molecule has 2 aromatic heterocycles. The number of hydrogen-bond donors (Lipinski definition) is 2. The molecule has 0 bridgehead atoms. The van der Waals surface area contributed by atoms with Gasteiger partial charge in [-0.1, -0.05) is 36.4 Å². The van der Waals surface area contributed by atoms with Gasteiger partial charge >= 0.3 is 0 Å². The summed E-state index contributed by atoms with van der Waals surface area (Å²) >= 11 is 8.67. The van der Waals surface area contributed by atoms with Crippen LogP contribution in [0.15, 0.2) is 40.9 Å². The Labute approximate surface area is 163 Å². The number of carbonyl (C=O) groups is 2. The Kier molecular flexibility index (Phi) is 6.18. The van der Waals surface area contributed by atoms with Crippen molar-refractivity contribution < 1.29 is 9.59 Å². The van der Waals surface area contributed by atoms with Gasteiger partial charge in [-0.25, -0.2) is 4.98 Å². The van der Waals surface area contributed by atoms with Crippen LogP contribution in [0.25, 0.3) is 11.0 Å². The smallest absolute Gasteiger partial charge is 0.279 e. The second-order valence-corrected chi connectivity index (χ2v) is 7.77. The van der Waals surface area contributed by atoms with Crippen molar-refractivity contribution in [2.45, 2.75) is 25.0 Å². The minimum atomic E-state index is -0.328. The minimum absolute atomic E-state index is 0.144. The number of rotatable bonds is 6. The highest BCUT2D eigenvalue weighted by Crippen LogP contribution is 2.26. The standard InChI is InChI=1S/C17H17ClN4O2S2/c1-2-7-22-13-6-5-11(18)9-12(13)19-17(22)26-10-15(23)20-21-16(24)14-4-3-8-25-14/h3-6,8-9H,2,7,10H2,1H3,(H,20,23)(H,21,24). The Morgan fingerprint density at radius 3 is 2.88 bits per heavy atom. The molecule has 0 saturated heterocycles. The van der Waals surface area contributed by atoms with Gasteiger partial charge in [0.1, 0.15) is 0 Å². The number of hydrazine groups is 1. The van der Waals surface area contributed by atoms with Gasteiger partial charge in [0.15, 0.2) is 5.16 Å². The van der Waals surface area contributed by atoms with E-state index in [0.717, 1.165) is 29.2 Å². The number of amides is 2. The lowest BCUT2D eigenvalue weighted by atomic mass is 10.3. The molecule has 1 aromatic carbocycles. The number of nitrogens with zero attached hydrogens (tertiary/aromatic N) is 2. The van der Waals surface area contributed by atoms with E-state index >= 15 is 0 Å². The quantitative estimate of drug-likeness (QED) is 0.481. The van der Waals surface area contributed by atoms with Crippen LogP contribution in [0, 0.1) is 0 Å². The van der Waals surface area contributed by atoms with Gasteiger partial charge < -0.3 is 4.57 Å². The van der Waals surface area contributed by atoms with E-state index in [-0.39, 0.29) is 17.6 Å². The number of thioether (sulfide) groups is 1. The first kappa shape index (κ1) is 18.8. The summed E-state index contributed by atoms with van der Waals surface area (Å²) in [6.07, 6.45) is 0.949. The summed E-state index contributed by atoms with van der Waals surface area (Å²) in [5.41, 5.74) is 6.63. The molecule has 2 heterocycles. The van der Waals surface area contributed by atoms with Crippen LogP contribution >= 0.6 is 34.7 Å². The lowest BCUT2D eigenvalue weighted by molar-refractivity contribution is -0.119. The summed E-state index contributed by atoms with van der Waals surface area (Å²) in [5, 5.41) is 3.19. The van der Waals surface area contributed by atoms with Crippen LogP contribution < -0.4 is 10.9 Å². The number of aryl methyl sites for hydroxylation is 1. The van der Waals surface area contributed by atoms with Crippen molar-refractivity contribution in [3.8, 4) is 0 Å². The molecule has 26 heavy (non-hydrogen) atoms. The number of thiophene rings is 1. The van der Waals surface area contributed by atoms with Gasteiger partial charge in [-0.3, -0.25) is 20.4 Å². The third kappa shape index (κ3) is 4.38. The van der Waals surface area contributed by atoms with Crippen LogP contribution in [0.3, 0.4) is 0 Å². The van der Waals surface area contributed by atoms with Gasteiger partial charge in [0.05, 0.1) is 21.7 Å². The van der Waals surface area contributed by atoms with E-state index in [9.17, 15) is 9.59 Å². The molecule has 0 aliphatic rings. The summed E-state index contributed by atoms with van der Waals surface area (Å²) in [6, 6.07) is 9.06. The number of benzene rings is 1. The molecule has 9 heteroatoms. The number of hydrogen-bond acceptors (Lipinski definition) is 5. The lowest BCUT2D eigenvalue weighted by Gasteiger charge is -2.08. The number of halogens is 1. The number of fused-ring (bicyclic) bond motifs is 1. The fourth-order valence-corrected chi connectivity index (χ4v) is 4.02. The fraction of sp³-hybridized carbons (Fsp3) is 0.235. The Morgan fingerprint density at radius 1 is 1.31 bits per heavy atom. The van der Waals surface area contributed by atoms with Gasteiger partial charge in [0.25, 0.3) is 5.91 Å². The molecular formula is C17H17ClN4O2S2. The van der Waals surface area contributed by atoms with Crippen molar-refractivity contribution in [2.75, 3.05) is 5.75 Å². The van der Waals surface area contributed by atoms with Crippen molar-refractivity contribution in [3.63, 3.8) is 0 Å². The predicted octanol–water partition coefficient (Wildman–Crippen LogP) is 3.71. The second kappa shape index (κ2) is 8.57. The van der Waals surface area contributed by atoms with Gasteiger partial charge in [-0.05, 0) is 36.1 Å². The van der Waals surface area contributed by atoms with Gasteiger partial charge in [-0.2, -0.15) is 0 Å². The number of aromatic nitrogens is 2. The maximum atomic E-state index is 12.0. The minimum Gasteiger partial charge on any atom is -0.319 e. The van der Waals surface area contributed by atoms with E-state index in [0.29, 0.717) is 9.90 Å². The highest BCUT2D eigenvalue weighted by molar-refractivity contribution is 7.99. The lowest BCUT2D eigenvalue weighted by Crippen LogP contribution is -2.42. The maximum absolute atomic E-state index is 12.0. The van der Waals surface area contributed by atoms with Crippen LogP contribution in [-0.2, 0) is 11.3 Å². The van der Waals surface area contributed by atoms with Gasteiger partial charge in [0, 0.05) is 11.6 Å². The fourth-order valence-electron chi connectivity index (χ4n) is 2.39. The molecule has 0 saturated carbocycles. The first-order valence-electron chi connectivity index (χ1n) is 7.99. The summed E-state index contributed by atoms with van der Waals surface area (Å²) in [6.45, 7) is 2.89. The average Bonchev–Trinajstić information content (AvgIpc) is 3.26. The predicted molar refractivity (Wildman–Crippen MR) is 106 cm³/mol. The molecule has 0 spiro atoms. The average molecular weight is 409 g/mol. The molecular weight excluding hydrogens is 392 g/mol. The van der Waals surface area contributed by atoms with Crippen LogP contribution in [0.5, 0.6) is 0 Å². The van der Waals surface area contributed by atoms with Crippen LogP contribution in [0.2, 0.25) is 5.02 Å². The normalized spacial score (nSPS) is 10.8. The Hall–Kier alpha value is -2.03. The van der Waals surface area contributed by atoms with E-state index in [2.05, 4.69) is 27.3 Å². The third-order valence-electron chi connectivity index (χ3n) is 3.52. The third-order valence-corrected chi connectivity index (χ3v) is 5.60. The molecule has 0 aliphatic heterocycles. The molecule has 0 atom stereocenters. The van der Waals surface area contributed by atoms with E-state index in [1.54, 1.807) is 17.5 Å². The molecule has 3 aromatic rings. The topological polar surface area (TPSA) is 76.0 Å². The molecule has 6 nitrogen and oxygen atoms in total. The first-order chi connectivity index (χ1) is 12.6. The van der Waals surface area contributed by atoms with E-state index in [4.69, 9.17) is 11.6 Å². The zero-order valence-corrected chi connectivity index (χ0v) is 16.4. The van der Waals surface area contributed by atoms with Crippen LogP contribution in [0.1, 0.15) is 23.0 Å². The Bertz CT molecular complexity index is 924. The van der Waals surface area contributed by atoms with Crippen LogP contribution in [0.4, 0.5) is 0 Å². The molecule has 136 valence electrons. The molecule has 0 aliphatic carbocycles. The molecule has 0 radical (unpaired) electrons. The highest BCUT2D eigenvalue weighted by atomic mass is 35.5. The van der Waals surface area contributed by atoms with Crippen LogP contribution in [-0.4, -0.2) is 27.1 Å². The van der Waals surface area contributed by atoms with Crippen molar-refractivity contribution in [1.29, 1.82) is 0 Å². The molecule has 2 N–H and O–H groups in total. The van der Waals surface area contributed by atoms with Crippen molar-refractivity contribution in [2.24, 2.45) is 0 Å². The maximum Gasteiger partial charge on any atom is 0.279 e. The summed E-state index contributed by atoms with van der Waals surface area (Å²) < 4.78 is 2.08. The zero-order chi connectivity index (χ0) is 18.5. The highest BCUT2D eigenvalue weighted by Gasteiger charge is 2.14. The first-order valence-corrected chi connectivity index (χ1v) is 10.2. The van der Waals surface area contributed by atoms with Crippen molar-refractivity contribution in [1.82, 2.24) is 20.4 Å². The largest absolute Gasteiger partial charge is 0.319 e. The molecule has 0 fully saturated rings. The van der Waals surface area contributed by atoms with E-state index in [1.807, 2.05) is 18.2 Å². The second-order valence-electron chi connectivity index (χ2n) is 5.45. The van der Waals surface area contributed by atoms with Gasteiger partial charge in [-0.15, -0.1) is 11.3 Å². The Morgan fingerprint density at radius 2 is 2.15 bits per heavy atom.